The van der Waals surface area contributed by atoms with Crippen molar-refractivity contribution in [3.63, 3.8) is 0 Å². The van der Waals surface area contributed by atoms with Gasteiger partial charge < -0.3 is 9.32 Å². The van der Waals surface area contributed by atoms with Gasteiger partial charge in [-0.3, -0.25) is 9.69 Å². The molecular weight excluding hydrogens is 343 g/mol. The van der Waals surface area contributed by atoms with E-state index in [4.69, 9.17) is 4.42 Å². The Hall–Kier alpha value is -2.14. The van der Waals surface area contributed by atoms with Gasteiger partial charge >= 0.3 is 0 Å². The van der Waals surface area contributed by atoms with E-state index >= 15 is 0 Å². The van der Waals surface area contributed by atoms with Gasteiger partial charge in [0, 0.05) is 25.2 Å². The van der Waals surface area contributed by atoms with E-state index in [-0.39, 0.29) is 17.3 Å². The quantitative estimate of drug-likeness (QED) is 0.804. The number of aryl methyl sites for hydroxylation is 1. The predicted molar refractivity (Wildman–Crippen MR) is 102 cm³/mol. The van der Waals surface area contributed by atoms with Crippen molar-refractivity contribution in [1.29, 1.82) is 0 Å². The van der Waals surface area contributed by atoms with Crippen LogP contribution >= 0.6 is 0 Å². The first-order valence-corrected chi connectivity index (χ1v) is 9.91. The van der Waals surface area contributed by atoms with E-state index in [0.29, 0.717) is 5.76 Å². The van der Waals surface area contributed by atoms with Crippen molar-refractivity contribution < 1.29 is 13.6 Å². The number of carbonyl (C=O) groups is 1. The highest BCUT2D eigenvalue weighted by Gasteiger charge is 2.42. The summed E-state index contributed by atoms with van der Waals surface area (Å²) in [5, 5.41) is 0. The molecule has 4 rings (SSSR count). The molecule has 1 atom stereocenters. The molecule has 27 heavy (non-hydrogen) atoms. The first kappa shape index (κ1) is 18.2. The predicted octanol–water partition coefficient (Wildman–Crippen LogP) is 4.39. The van der Waals surface area contributed by atoms with Crippen LogP contribution in [0, 0.1) is 12.7 Å². The summed E-state index contributed by atoms with van der Waals surface area (Å²) in [5.74, 6) is 1.03. The number of carbonyl (C=O) groups excluding carboxylic acids is 1. The Bertz CT molecular complexity index is 801. The fourth-order valence-corrected chi connectivity index (χ4v) is 4.70. The molecule has 1 amide bonds. The first-order valence-electron chi connectivity index (χ1n) is 9.91. The van der Waals surface area contributed by atoms with Gasteiger partial charge in [0.25, 0.3) is 5.91 Å². The fraction of sp³-hybridized carbons (Fsp3) is 0.500. The number of amides is 1. The summed E-state index contributed by atoms with van der Waals surface area (Å²) in [5.41, 5.74) is 1.31. The third-order valence-corrected chi connectivity index (χ3v) is 6.18. The van der Waals surface area contributed by atoms with Crippen LogP contribution < -0.4 is 0 Å². The molecule has 0 radical (unpaired) electrons. The zero-order valence-corrected chi connectivity index (χ0v) is 15.9. The molecule has 2 fully saturated rings. The smallest absolute Gasteiger partial charge is 0.289 e. The van der Waals surface area contributed by atoms with E-state index in [0.717, 1.165) is 56.8 Å². The minimum Gasteiger partial charge on any atom is -0.456 e. The molecule has 1 aromatic carbocycles. The molecule has 0 aliphatic carbocycles. The van der Waals surface area contributed by atoms with Crippen molar-refractivity contribution in [2.45, 2.75) is 51.1 Å². The molecule has 0 unspecified atom stereocenters. The molecule has 0 saturated carbocycles. The Morgan fingerprint density at radius 1 is 1.04 bits per heavy atom. The van der Waals surface area contributed by atoms with Gasteiger partial charge in [-0.2, -0.15) is 0 Å². The summed E-state index contributed by atoms with van der Waals surface area (Å²) < 4.78 is 18.7. The second kappa shape index (κ2) is 7.47. The number of rotatable bonds is 3. The highest BCUT2D eigenvalue weighted by molar-refractivity contribution is 5.91. The molecule has 0 N–H and O–H groups in total. The van der Waals surface area contributed by atoms with Crippen LogP contribution in [0.25, 0.3) is 0 Å². The molecular formula is C22H27FN2O2. The lowest BCUT2D eigenvalue weighted by Crippen LogP contribution is -2.44. The highest BCUT2D eigenvalue weighted by atomic mass is 19.1. The maximum Gasteiger partial charge on any atom is 0.289 e. The highest BCUT2D eigenvalue weighted by Crippen LogP contribution is 2.39. The van der Waals surface area contributed by atoms with Crippen LogP contribution in [0.15, 0.2) is 40.8 Å². The van der Waals surface area contributed by atoms with Crippen molar-refractivity contribution in [2.75, 3.05) is 19.6 Å². The van der Waals surface area contributed by atoms with Crippen molar-refractivity contribution in [3.8, 4) is 0 Å². The second-order valence-electron chi connectivity index (χ2n) is 7.93. The molecule has 2 aliphatic heterocycles. The van der Waals surface area contributed by atoms with Gasteiger partial charge in [-0.05, 0) is 75.4 Å². The summed E-state index contributed by atoms with van der Waals surface area (Å²) >= 11 is 0. The van der Waals surface area contributed by atoms with Crippen LogP contribution in [0.2, 0.25) is 0 Å². The third kappa shape index (κ3) is 3.79. The van der Waals surface area contributed by atoms with Crippen LogP contribution in [-0.4, -0.2) is 40.9 Å². The molecule has 144 valence electrons. The Labute approximate surface area is 159 Å². The van der Waals surface area contributed by atoms with E-state index in [2.05, 4.69) is 4.90 Å². The number of hydrogen-bond donors (Lipinski definition) is 0. The largest absolute Gasteiger partial charge is 0.456 e. The van der Waals surface area contributed by atoms with Gasteiger partial charge in [-0.15, -0.1) is 0 Å². The zero-order chi connectivity index (χ0) is 18.9. The molecule has 4 nitrogen and oxygen atoms in total. The summed E-state index contributed by atoms with van der Waals surface area (Å²) in [7, 11) is 0. The standard InChI is InChI=1S/C22H27FN2O2/c1-17-4-9-20(27-17)21(26)24-13-2-10-22(12-15-24)11-3-14-25(22)16-18-5-7-19(23)8-6-18/h4-9H,2-3,10-16H2,1H3/t22-/m1/s1. The molecule has 2 aliphatic rings. The summed E-state index contributed by atoms with van der Waals surface area (Å²) in [6, 6.07) is 10.5. The Morgan fingerprint density at radius 3 is 2.48 bits per heavy atom. The number of benzene rings is 1. The van der Waals surface area contributed by atoms with E-state index < -0.39 is 0 Å². The number of hydrogen-bond acceptors (Lipinski definition) is 3. The normalized spacial score (nSPS) is 23.7. The maximum atomic E-state index is 13.2. The number of furan rings is 1. The van der Waals surface area contributed by atoms with Gasteiger partial charge in [-0.25, -0.2) is 4.39 Å². The topological polar surface area (TPSA) is 36.7 Å². The number of nitrogens with zero attached hydrogens (tertiary/aromatic N) is 2. The second-order valence-corrected chi connectivity index (χ2v) is 7.93. The zero-order valence-electron chi connectivity index (χ0n) is 15.9. The van der Waals surface area contributed by atoms with Gasteiger partial charge in [0.2, 0.25) is 0 Å². The lowest BCUT2D eigenvalue weighted by molar-refractivity contribution is 0.0706. The average Bonchev–Trinajstić information content (AvgIpc) is 3.19. The van der Waals surface area contributed by atoms with Gasteiger partial charge in [0.15, 0.2) is 5.76 Å². The maximum absolute atomic E-state index is 13.2. The molecule has 3 heterocycles. The molecule has 1 aromatic heterocycles. The lowest BCUT2D eigenvalue weighted by Gasteiger charge is -2.38. The van der Waals surface area contributed by atoms with Crippen LogP contribution in [0.5, 0.6) is 0 Å². The van der Waals surface area contributed by atoms with E-state index in [1.165, 1.54) is 25.0 Å². The minimum absolute atomic E-state index is 0.00299. The SMILES string of the molecule is Cc1ccc(C(=O)N2CCC[C@@]3(CCCN3Cc3ccc(F)cc3)CC2)o1. The Morgan fingerprint density at radius 2 is 1.78 bits per heavy atom. The summed E-state index contributed by atoms with van der Waals surface area (Å²) in [6.07, 6.45) is 5.46. The van der Waals surface area contributed by atoms with Crippen LogP contribution in [0.4, 0.5) is 4.39 Å². The lowest BCUT2D eigenvalue weighted by atomic mass is 9.87. The molecule has 5 heteroatoms. The summed E-state index contributed by atoms with van der Waals surface area (Å²) in [6.45, 7) is 5.33. The Kier molecular flexibility index (Phi) is 5.04. The van der Waals surface area contributed by atoms with Crippen LogP contribution in [-0.2, 0) is 6.54 Å². The minimum atomic E-state index is -0.188. The molecule has 1 spiro atoms. The fourth-order valence-electron chi connectivity index (χ4n) is 4.70. The molecule has 2 aromatic rings. The average molecular weight is 370 g/mol. The first-order chi connectivity index (χ1) is 13.1. The number of likely N-dealkylation sites (tertiary alicyclic amines) is 2. The van der Waals surface area contributed by atoms with Crippen LogP contribution in [0.3, 0.4) is 0 Å². The number of halogens is 1. The van der Waals surface area contributed by atoms with Crippen molar-refractivity contribution in [1.82, 2.24) is 9.80 Å². The van der Waals surface area contributed by atoms with Crippen LogP contribution in [0.1, 0.15) is 54.0 Å². The van der Waals surface area contributed by atoms with Gasteiger partial charge in [0.05, 0.1) is 0 Å². The van der Waals surface area contributed by atoms with Gasteiger partial charge in [0.1, 0.15) is 11.6 Å². The van der Waals surface area contributed by atoms with Crippen molar-refractivity contribution in [2.24, 2.45) is 0 Å². The van der Waals surface area contributed by atoms with Gasteiger partial charge in [-0.1, -0.05) is 12.1 Å². The van der Waals surface area contributed by atoms with Crippen molar-refractivity contribution >= 4 is 5.91 Å². The summed E-state index contributed by atoms with van der Waals surface area (Å²) in [4.78, 5) is 17.3. The van der Waals surface area contributed by atoms with E-state index in [9.17, 15) is 9.18 Å². The third-order valence-electron chi connectivity index (χ3n) is 6.18. The van der Waals surface area contributed by atoms with E-state index in [1.54, 1.807) is 6.07 Å². The molecule has 2 saturated heterocycles. The molecule has 0 bridgehead atoms. The monoisotopic (exact) mass is 370 g/mol. The van der Waals surface area contributed by atoms with Crippen molar-refractivity contribution in [3.05, 3.63) is 59.3 Å². The van der Waals surface area contributed by atoms with E-state index in [1.807, 2.05) is 30.0 Å². The Balaban J connectivity index is 1.45.